The molecule has 0 atom stereocenters. The second-order valence-corrected chi connectivity index (χ2v) is 4.52. The van der Waals surface area contributed by atoms with Gasteiger partial charge in [-0.1, -0.05) is 13.0 Å². The van der Waals surface area contributed by atoms with Crippen LogP contribution in [-0.4, -0.2) is 25.1 Å². The first kappa shape index (κ1) is 14.6. The molecule has 1 aromatic rings. The quantitative estimate of drug-likeness (QED) is 0.791. The van der Waals surface area contributed by atoms with Crippen molar-refractivity contribution in [2.45, 2.75) is 34.1 Å². The SMILES string of the molecule is C/C=c1\c(OC)cc(C)c\c1=C\N(CC)CCC. The third-order valence-corrected chi connectivity index (χ3v) is 3.07. The van der Waals surface area contributed by atoms with E-state index in [9.17, 15) is 0 Å². The van der Waals surface area contributed by atoms with Crippen LogP contribution in [0.2, 0.25) is 0 Å². The molecule has 100 valence electrons. The Morgan fingerprint density at radius 2 is 2.00 bits per heavy atom. The van der Waals surface area contributed by atoms with E-state index >= 15 is 0 Å². The molecule has 0 fully saturated rings. The Kier molecular flexibility index (Phi) is 5.76. The van der Waals surface area contributed by atoms with E-state index in [4.69, 9.17) is 4.74 Å². The summed E-state index contributed by atoms with van der Waals surface area (Å²) in [7, 11) is 1.73. The summed E-state index contributed by atoms with van der Waals surface area (Å²) in [5.41, 5.74) is 1.23. The highest BCUT2D eigenvalue weighted by atomic mass is 16.5. The van der Waals surface area contributed by atoms with Gasteiger partial charge < -0.3 is 9.64 Å². The summed E-state index contributed by atoms with van der Waals surface area (Å²) >= 11 is 0. The lowest BCUT2D eigenvalue weighted by Gasteiger charge is -2.17. The summed E-state index contributed by atoms with van der Waals surface area (Å²) < 4.78 is 5.46. The van der Waals surface area contributed by atoms with Crippen molar-refractivity contribution in [3.63, 3.8) is 0 Å². The first-order valence-electron chi connectivity index (χ1n) is 6.73. The predicted molar refractivity (Wildman–Crippen MR) is 79.1 cm³/mol. The number of nitrogens with zero attached hydrogens (tertiary/aromatic N) is 1. The van der Waals surface area contributed by atoms with Gasteiger partial charge in [0.25, 0.3) is 0 Å². The molecule has 1 aromatic carbocycles. The first-order chi connectivity index (χ1) is 8.65. The molecular weight excluding hydrogens is 222 g/mol. The zero-order valence-electron chi connectivity index (χ0n) is 12.3. The maximum Gasteiger partial charge on any atom is 0.126 e. The largest absolute Gasteiger partial charge is 0.496 e. The highest BCUT2D eigenvalue weighted by Gasteiger charge is 2.00. The fourth-order valence-corrected chi connectivity index (χ4v) is 2.17. The van der Waals surface area contributed by atoms with Crippen LogP contribution >= 0.6 is 0 Å². The predicted octanol–water partition coefficient (Wildman–Crippen LogP) is 2.27. The lowest BCUT2D eigenvalue weighted by Crippen LogP contribution is -2.31. The summed E-state index contributed by atoms with van der Waals surface area (Å²) in [5, 5.41) is 2.42. The number of hydrogen-bond donors (Lipinski definition) is 0. The van der Waals surface area contributed by atoms with Crippen molar-refractivity contribution in [2.24, 2.45) is 0 Å². The Labute approximate surface area is 111 Å². The standard InChI is InChI=1S/C16H25NO/c1-6-9-17(8-3)12-14-10-13(4)11-16(18-5)15(14)7-2/h7,10-12H,6,8-9H2,1-5H3/b14-12-,15-7-. The van der Waals surface area contributed by atoms with Gasteiger partial charge in [0.1, 0.15) is 5.75 Å². The Balaban J connectivity index is 3.38. The van der Waals surface area contributed by atoms with Gasteiger partial charge in [-0.25, -0.2) is 0 Å². The van der Waals surface area contributed by atoms with E-state index in [1.54, 1.807) is 7.11 Å². The second kappa shape index (κ2) is 7.10. The maximum atomic E-state index is 5.46. The molecule has 0 amide bonds. The normalized spacial score (nSPS) is 12.9. The molecule has 0 saturated carbocycles. The first-order valence-corrected chi connectivity index (χ1v) is 6.73. The summed E-state index contributed by atoms with van der Waals surface area (Å²) in [4.78, 5) is 2.35. The summed E-state index contributed by atoms with van der Waals surface area (Å²) in [5.74, 6) is 0.955. The van der Waals surface area contributed by atoms with Crippen LogP contribution in [0.4, 0.5) is 0 Å². The smallest absolute Gasteiger partial charge is 0.126 e. The van der Waals surface area contributed by atoms with Crippen molar-refractivity contribution >= 4 is 12.3 Å². The molecule has 0 saturated heterocycles. The van der Waals surface area contributed by atoms with Crippen molar-refractivity contribution < 1.29 is 4.74 Å². The molecule has 2 nitrogen and oxygen atoms in total. The van der Waals surface area contributed by atoms with E-state index < -0.39 is 0 Å². The zero-order valence-corrected chi connectivity index (χ0v) is 12.3. The lowest BCUT2D eigenvalue weighted by atomic mass is 10.1. The van der Waals surface area contributed by atoms with E-state index in [0.29, 0.717) is 0 Å². The highest BCUT2D eigenvalue weighted by Crippen LogP contribution is 2.03. The van der Waals surface area contributed by atoms with Crippen LogP contribution in [0.3, 0.4) is 0 Å². The van der Waals surface area contributed by atoms with Crippen molar-refractivity contribution in [2.75, 3.05) is 20.2 Å². The Morgan fingerprint density at radius 3 is 2.50 bits per heavy atom. The molecule has 2 heteroatoms. The van der Waals surface area contributed by atoms with E-state index in [1.807, 2.05) is 0 Å². The van der Waals surface area contributed by atoms with E-state index in [2.05, 4.69) is 57.0 Å². The van der Waals surface area contributed by atoms with Gasteiger partial charge >= 0.3 is 0 Å². The summed E-state index contributed by atoms with van der Waals surface area (Å²) in [6.07, 6.45) is 5.52. The average Bonchev–Trinajstić information content (AvgIpc) is 2.37. The van der Waals surface area contributed by atoms with Crippen LogP contribution in [-0.2, 0) is 0 Å². The number of rotatable bonds is 5. The van der Waals surface area contributed by atoms with Gasteiger partial charge in [-0.3, -0.25) is 0 Å². The third kappa shape index (κ3) is 3.52. The molecule has 0 bridgehead atoms. The topological polar surface area (TPSA) is 12.5 Å². The fourth-order valence-electron chi connectivity index (χ4n) is 2.17. The molecule has 0 aromatic heterocycles. The molecule has 0 N–H and O–H groups in total. The molecule has 0 aliphatic rings. The Morgan fingerprint density at radius 1 is 1.28 bits per heavy atom. The number of benzene rings is 1. The molecule has 18 heavy (non-hydrogen) atoms. The zero-order chi connectivity index (χ0) is 13.5. The Bertz CT molecular complexity index is 491. The minimum absolute atomic E-state index is 0.955. The van der Waals surface area contributed by atoms with Gasteiger partial charge in [0.15, 0.2) is 0 Å². The van der Waals surface area contributed by atoms with Crippen molar-refractivity contribution in [3.05, 3.63) is 28.1 Å². The van der Waals surface area contributed by atoms with Crippen LogP contribution in [0.25, 0.3) is 12.3 Å². The molecule has 1 rings (SSSR count). The molecular formula is C16H25NO. The van der Waals surface area contributed by atoms with Crippen molar-refractivity contribution in [1.29, 1.82) is 0 Å². The van der Waals surface area contributed by atoms with Crippen LogP contribution in [0.1, 0.15) is 32.8 Å². The van der Waals surface area contributed by atoms with Crippen molar-refractivity contribution in [1.82, 2.24) is 4.90 Å². The van der Waals surface area contributed by atoms with E-state index in [-0.39, 0.29) is 0 Å². The van der Waals surface area contributed by atoms with Gasteiger partial charge in [-0.2, -0.15) is 0 Å². The van der Waals surface area contributed by atoms with Gasteiger partial charge in [-0.15, -0.1) is 0 Å². The third-order valence-electron chi connectivity index (χ3n) is 3.07. The second-order valence-electron chi connectivity index (χ2n) is 4.52. The average molecular weight is 247 g/mol. The maximum absolute atomic E-state index is 5.46. The lowest BCUT2D eigenvalue weighted by molar-refractivity contribution is 0.409. The Hall–Kier alpha value is -1.44. The monoisotopic (exact) mass is 247 g/mol. The van der Waals surface area contributed by atoms with Gasteiger partial charge in [0.05, 0.1) is 7.11 Å². The van der Waals surface area contributed by atoms with Crippen LogP contribution in [0, 0.1) is 6.92 Å². The van der Waals surface area contributed by atoms with Crippen molar-refractivity contribution in [3.8, 4) is 5.75 Å². The van der Waals surface area contributed by atoms with Crippen LogP contribution in [0.15, 0.2) is 12.1 Å². The van der Waals surface area contributed by atoms with Crippen LogP contribution < -0.4 is 15.2 Å². The van der Waals surface area contributed by atoms with Gasteiger partial charge in [0, 0.05) is 29.7 Å². The van der Waals surface area contributed by atoms with Gasteiger partial charge in [-0.05, 0) is 44.9 Å². The number of methoxy groups -OCH3 is 1. The number of ether oxygens (including phenoxy) is 1. The fraction of sp³-hybridized carbons (Fsp3) is 0.500. The molecule has 0 aliphatic heterocycles. The van der Waals surface area contributed by atoms with Gasteiger partial charge in [0.2, 0.25) is 0 Å². The minimum Gasteiger partial charge on any atom is -0.496 e. The molecule has 0 radical (unpaired) electrons. The number of hydrogen-bond acceptors (Lipinski definition) is 2. The molecule has 0 unspecified atom stereocenters. The number of aryl methyl sites for hydroxylation is 1. The molecule has 0 spiro atoms. The van der Waals surface area contributed by atoms with E-state index in [1.165, 1.54) is 22.4 Å². The summed E-state index contributed by atoms with van der Waals surface area (Å²) in [6.45, 7) is 10.7. The minimum atomic E-state index is 0.955. The molecule has 0 heterocycles. The van der Waals surface area contributed by atoms with E-state index in [0.717, 1.165) is 18.8 Å². The van der Waals surface area contributed by atoms with Crippen LogP contribution in [0.5, 0.6) is 5.75 Å². The highest BCUT2D eigenvalue weighted by molar-refractivity contribution is 5.40. The summed E-state index contributed by atoms with van der Waals surface area (Å²) in [6, 6.07) is 4.30. The molecule has 0 aliphatic carbocycles.